The lowest BCUT2D eigenvalue weighted by molar-refractivity contribution is -0.241. The van der Waals surface area contributed by atoms with E-state index in [0.29, 0.717) is 17.0 Å². The van der Waals surface area contributed by atoms with Crippen molar-refractivity contribution in [1.29, 1.82) is 5.26 Å². The number of guanidine groups is 1. The third kappa shape index (κ3) is 5.46. The van der Waals surface area contributed by atoms with Gasteiger partial charge in [-0.1, -0.05) is 30.3 Å². The molecule has 0 fully saturated rings. The van der Waals surface area contributed by atoms with Crippen molar-refractivity contribution in [2.75, 3.05) is 19.7 Å². The fourth-order valence-corrected chi connectivity index (χ4v) is 3.97. The topological polar surface area (TPSA) is 152 Å². The van der Waals surface area contributed by atoms with Crippen molar-refractivity contribution >= 4 is 17.6 Å². The van der Waals surface area contributed by atoms with Crippen LogP contribution >= 0.6 is 0 Å². The van der Waals surface area contributed by atoms with Gasteiger partial charge in [-0.15, -0.1) is 0 Å². The molecule has 35 heavy (non-hydrogen) atoms. The molecule has 0 saturated carbocycles. The number of carbonyl (C=O) groups excluding carboxylic acids is 1. The molecule has 11 heteroatoms. The van der Waals surface area contributed by atoms with Crippen LogP contribution in [0.2, 0.25) is 0 Å². The molecule has 3 atom stereocenters. The summed E-state index contributed by atoms with van der Waals surface area (Å²) in [4.78, 5) is 21.6. The molecule has 0 amide bonds. The van der Waals surface area contributed by atoms with Gasteiger partial charge in [-0.25, -0.2) is 15.4 Å². The molecular weight excluding hydrogens is 454 g/mol. The second-order valence-corrected chi connectivity index (χ2v) is 8.06. The molecule has 3 unspecified atom stereocenters. The Bertz CT molecular complexity index is 1100. The van der Waals surface area contributed by atoms with Crippen molar-refractivity contribution in [3.63, 3.8) is 0 Å². The van der Waals surface area contributed by atoms with Crippen LogP contribution in [0.5, 0.6) is 5.75 Å². The third-order valence-electron chi connectivity index (χ3n) is 5.65. The quantitative estimate of drug-likeness (QED) is 0.127. The molecular formula is C24H29N5O6. The first-order valence-electron chi connectivity index (χ1n) is 10.8. The molecule has 3 rings (SSSR count). The Balaban J connectivity index is 2.06. The fourth-order valence-electron chi connectivity index (χ4n) is 3.97. The van der Waals surface area contributed by atoms with E-state index in [2.05, 4.69) is 10.5 Å². The number of rotatable bonds is 8. The average Bonchev–Trinajstić information content (AvgIpc) is 2.85. The molecule has 186 valence electrons. The molecule has 0 bridgehead atoms. The van der Waals surface area contributed by atoms with Crippen LogP contribution in [0.3, 0.4) is 0 Å². The van der Waals surface area contributed by atoms with E-state index in [1.165, 1.54) is 21.1 Å². The highest BCUT2D eigenvalue weighted by atomic mass is 16.7. The number of hydrogen-bond donors (Lipinski definition) is 3. The van der Waals surface area contributed by atoms with Gasteiger partial charge in [-0.05, 0) is 30.7 Å². The lowest BCUT2D eigenvalue weighted by Gasteiger charge is -2.48. The van der Waals surface area contributed by atoms with E-state index < -0.39 is 30.0 Å². The van der Waals surface area contributed by atoms with Crippen LogP contribution in [0, 0.1) is 11.5 Å². The Hall–Kier alpha value is -3.85. The van der Waals surface area contributed by atoms with Gasteiger partial charge in [0.25, 0.3) is 0 Å². The minimum atomic E-state index is -1.42. The molecule has 1 aliphatic heterocycles. The molecule has 1 aliphatic rings. The van der Waals surface area contributed by atoms with Gasteiger partial charge in [0.15, 0.2) is 18.1 Å². The highest BCUT2D eigenvalue weighted by Crippen LogP contribution is 2.45. The summed E-state index contributed by atoms with van der Waals surface area (Å²) in [6.07, 6.45) is -0.293. The number of aliphatic imine (C=N–C) groups is 1. The van der Waals surface area contributed by atoms with Crippen molar-refractivity contribution in [2.24, 2.45) is 10.7 Å². The number of hydrogen-bond acceptors (Lipinski definition) is 9. The Morgan fingerprint density at radius 1 is 1.31 bits per heavy atom. The first-order chi connectivity index (χ1) is 16.7. The Kier molecular flexibility index (Phi) is 8.14. The number of nitrogens with two attached hydrogens (primary N) is 1. The van der Waals surface area contributed by atoms with Crippen LogP contribution in [0.15, 0.2) is 53.5 Å². The van der Waals surface area contributed by atoms with Gasteiger partial charge in [0.2, 0.25) is 5.96 Å². The highest BCUT2D eigenvalue weighted by Gasteiger charge is 2.54. The van der Waals surface area contributed by atoms with Gasteiger partial charge in [0.1, 0.15) is 17.9 Å². The Morgan fingerprint density at radius 3 is 2.60 bits per heavy atom. The summed E-state index contributed by atoms with van der Waals surface area (Å²) in [7, 11) is 2.84. The van der Waals surface area contributed by atoms with Crippen LogP contribution in [0.1, 0.15) is 31.0 Å². The summed E-state index contributed by atoms with van der Waals surface area (Å²) in [5.41, 5.74) is 9.07. The van der Waals surface area contributed by atoms with Crippen molar-refractivity contribution in [3.8, 4) is 11.9 Å². The fraction of sp³-hybridized carbons (Fsp3) is 0.375. The van der Waals surface area contributed by atoms with Crippen molar-refractivity contribution < 1.29 is 28.9 Å². The predicted molar refractivity (Wildman–Crippen MR) is 127 cm³/mol. The second kappa shape index (κ2) is 11.1. The first-order valence-corrected chi connectivity index (χ1v) is 10.8. The molecule has 0 aromatic heterocycles. The van der Waals surface area contributed by atoms with Crippen LogP contribution in [-0.4, -0.2) is 54.1 Å². The molecule has 0 radical (unpaired) electrons. The summed E-state index contributed by atoms with van der Waals surface area (Å²) < 4.78 is 16.9. The number of nitrogens with zero attached hydrogens (tertiary/aromatic N) is 3. The van der Waals surface area contributed by atoms with E-state index in [9.17, 15) is 15.2 Å². The van der Waals surface area contributed by atoms with Crippen LogP contribution in [0.25, 0.3) is 0 Å². The molecule has 4 N–H and O–H groups in total. The van der Waals surface area contributed by atoms with Gasteiger partial charge in [0.05, 0.1) is 12.2 Å². The lowest BCUT2D eigenvalue weighted by Crippen LogP contribution is -2.62. The van der Waals surface area contributed by atoms with E-state index in [0.717, 1.165) is 10.5 Å². The minimum absolute atomic E-state index is 0.0969. The number of nitrogens with one attached hydrogen (secondary N) is 1. The number of fused-ring (bicyclic) bond motifs is 1. The number of aliphatic hydroxyl groups excluding tert-OH is 1. The monoisotopic (exact) mass is 483 g/mol. The Morgan fingerprint density at radius 2 is 2.00 bits per heavy atom. The van der Waals surface area contributed by atoms with Crippen molar-refractivity contribution in [1.82, 2.24) is 4.90 Å². The van der Waals surface area contributed by atoms with Gasteiger partial charge < -0.3 is 29.9 Å². The number of anilines is 1. The van der Waals surface area contributed by atoms with Crippen molar-refractivity contribution in [2.45, 2.75) is 44.4 Å². The Labute approximate surface area is 203 Å². The maximum absolute atomic E-state index is 11.5. The van der Waals surface area contributed by atoms with E-state index >= 15 is 0 Å². The standard InChI is InChI=1S/C24H29N5O6/c1-15(30)35-28-17-10-11-19-18(12-17)20(21(31)24(2,34-19)22(32-3)33-4)29(14-25)23(26)27-13-16-8-6-5-7-9-16/h5-12,20-22,28,31H,13H2,1-4H3,(H2,26,27). The number of ether oxygens (including phenoxy) is 3. The molecule has 0 spiro atoms. The molecule has 2 aromatic carbocycles. The maximum Gasteiger partial charge on any atom is 0.329 e. The number of aliphatic hydroxyl groups is 1. The van der Waals surface area contributed by atoms with Gasteiger partial charge in [-0.2, -0.15) is 5.26 Å². The van der Waals surface area contributed by atoms with Gasteiger partial charge in [-0.3, -0.25) is 4.79 Å². The molecule has 11 nitrogen and oxygen atoms in total. The average molecular weight is 484 g/mol. The zero-order chi connectivity index (χ0) is 25.6. The van der Waals surface area contributed by atoms with Crippen LogP contribution in [-0.2, 0) is 25.7 Å². The zero-order valence-electron chi connectivity index (χ0n) is 20.0. The van der Waals surface area contributed by atoms with Crippen molar-refractivity contribution in [3.05, 3.63) is 59.7 Å². The van der Waals surface area contributed by atoms with Crippen LogP contribution in [0.4, 0.5) is 5.69 Å². The molecule has 0 saturated heterocycles. The van der Waals surface area contributed by atoms with E-state index in [4.69, 9.17) is 24.8 Å². The number of methoxy groups -OCH3 is 2. The summed E-state index contributed by atoms with van der Waals surface area (Å²) in [5, 5.41) is 21.6. The summed E-state index contributed by atoms with van der Waals surface area (Å²) in [6, 6.07) is 13.2. The summed E-state index contributed by atoms with van der Waals surface area (Å²) in [5.74, 6) is -0.283. The van der Waals surface area contributed by atoms with E-state index in [1.54, 1.807) is 25.1 Å². The highest BCUT2D eigenvalue weighted by molar-refractivity contribution is 5.80. The first kappa shape index (κ1) is 25.8. The lowest BCUT2D eigenvalue weighted by atomic mass is 9.83. The SMILES string of the molecule is COC(OC)C1(C)Oc2ccc(NOC(C)=O)cc2C(N(C#N)C(N)=NCc2ccccc2)C1O. The normalized spacial score (nSPS) is 21.5. The van der Waals surface area contributed by atoms with E-state index in [1.807, 2.05) is 36.5 Å². The third-order valence-corrected chi connectivity index (χ3v) is 5.65. The number of carbonyl (C=O) groups is 1. The van der Waals surface area contributed by atoms with Gasteiger partial charge in [0, 0.05) is 26.7 Å². The smallest absolute Gasteiger partial charge is 0.329 e. The minimum Gasteiger partial charge on any atom is -0.479 e. The number of benzene rings is 2. The van der Waals surface area contributed by atoms with Gasteiger partial charge >= 0.3 is 5.97 Å². The zero-order valence-corrected chi connectivity index (χ0v) is 20.0. The van der Waals surface area contributed by atoms with E-state index in [-0.39, 0.29) is 12.5 Å². The number of nitriles is 1. The largest absolute Gasteiger partial charge is 0.479 e. The molecule has 2 aromatic rings. The molecule has 1 heterocycles. The summed E-state index contributed by atoms with van der Waals surface area (Å²) in [6.45, 7) is 3.10. The van der Waals surface area contributed by atoms with Crippen LogP contribution < -0.4 is 16.0 Å². The molecule has 0 aliphatic carbocycles. The maximum atomic E-state index is 11.5. The second-order valence-electron chi connectivity index (χ2n) is 8.06. The summed E-state index contributed by atoms with van der Waals surface area (Å²) >= 11 is 0. The predicted octanol–water partition coefficient (Wildman–Crippen LogP) is 2.05.